The van der Waals surface area contributed by atoms with Crippen LogP contribution in [0.1, 0.15) is 18.9 Å². The van der Waals surface area contributed by atoms with Crippen LogP contribution in [0.2, 0.25) is 0 Å². The van der Waals surface area contributed by atoms with Crippen LogP contribution >= 0.6 is 0 Å². The highest BCUT2D eigenvalue weighted by atomic mass is 16.5. The molecule has 1 heterocycles. The van der Waals surface area contributed by atoms with E-state index in [4.69, 9.17) is 4.74 Å². The van der Waals surface area contributed by atoms with E-state index in [1.165, 1.54) is 30.9 Å². The van der Waals surface area contributed by atoms with E-state index < -0.39 is 0 Å². The third-order valence-electron chi connectivity index (χ3n) is 3.74. The van der Waals surface area contributed by atoms with Gasteiger partial charge in [-0.1, -0.05) is 17.7 Å². The van der Waals surface area contributed by atoms with Crippen molar-refractivity contribution in [2.24, 2.45) is 0 Å². The van der Waals surface area contributed by atoms with E-state index in [2.05, 4.69) is 47.9 Å². The Balaban J connectivity index is 1.71. The molecule has 0 saturated carbocycles. The average Bonchev–Trinajstić information content (AvgIpc) is 2.45. The molecule has 0 unspecified atom stereocenters. The Morgan fingerprint density at radius 1 is 1.05 bits per heavy atom. The molecule has 3 heteroatoms. The molecule has 1 saturated heterocycles. The highest BCUT2D eigenvalue weighted by Crippen LogP contribution is 2.17. The lowest BCUT2D eigenvalue weighted by molar-refractivity contribution is 0.130. The molecule has 0 amide bonds. The fourth-order valence-electron chi connectivity index (χ4n) is 2.52. The van der Waals surface area contributed by atoms with Crippen molar-refractivity contribution in [3.63, 3.8) is 0 Å². The zero-order chi connectivity index (χ0) is 13.5. The Hall–Kier alpha value is -1.06. The molecule has 2 rings (SSSR count). The lowest BCUT2D eigenvalue weighted by Gasteiger charge is -2.36. The number of benzene rings is 1. The Bertz CT molecular complexity index is 356. The van der Waals surface area contributed by atoms with Gasteiger partial charge in [0.25, 0.3) is 0 Å². The number of anilines is 1. The third-order valence-corrected chi connectivity index (χ3v) is 3.74. The van der Waals surface area contributed by atoms with E-state index in [9.17, 15) is 0 Å². The summed E-state index contributed by atoms with van der Waals surface area (Å²) in [6.07, 6.45) is 1.15. The summed E-state index contributed by atoms with van der Waals surface area (Å²) < 4.78 is 5.39. The quantitative estimate of drug-likeness (QED) is 0.733. The minimum Gasteiger partial charge on any atom is -0.382 e. The molecule has 0 N–H and O–H groups in total. The SMILES string of the molecule is CCOCCCN1CCN(c2ccc(C)cc2)CC1. The monoisotopic (exact) mass is 262 g/mol. The summed E-state index contributed by atoms with van der Waals surface area (Å²) in [7, 11) is 0. The predicted molar refractivity (Wildman–Crippen MR) is 80.9 cm³/mol. The molecule has 1 aliphatic heterocycles. The van der Waals surface area contributed by atoms with E-state index in [0.717, 1.165) is 32.7 Å². The molecule has 1 fully saturated rings. The molecule has 0 radical (unpaired) electrons. The van der Waals surface area contributed by atoms with Crippen molar-refractivity contribution >= 4 is 5.69 Å². The van der Waals surface area contributed by atoms with Gasteiger partial charge in [-0.25, -0.2) is 0 Å². The lowest BCUT2D eigenvalue weighted by Crippen LogP contribution is -2.46. The van der Waals surface area contributed by atoms with Gasteiger partial charge in [0.2, 0.25) is 0 Å². The largest absolute Gasteiger partial charge is 0.382 e. The Morgan fingerprint density at radius 2 is 1.74 bits per heavy atom. The molecule has 1 aromatic carbocycles. The Morgan fingerprint density at radius 3 is 2.37 bits per heavy atom. The first-order chi connectivity index (χ1) is 9.29. The fourth-order valence-corrected chi connectivity index (χ4v) is 2.52. The van der Waals surface area contributed by atoms with Gasteiger partial charge in [-0.15, -0.1) is 0 Å². The number of nitrogens with zero attached hydrogens (tertiary/aromatic N) is 2. The number of aryl methyl sites for hydroxylation is 1. The van der Waals surface area contributed by atoms with E-state index >= 15 is 0 Å². The maximum Gasteiger partial charge on any atom is 0.0478 e. The third kappa shape index (κ3) is 4.51. The second-order valence-corrected chi connectivity index (χ2v) is 5.21. The van der Waals surface area contributed by atoms with Crippen LogP contribution in [0.3, 0.4) is 0 Å². The summed E-state index contributed by atoms with van der Waals surface area (Å²) in [6.45, 7) is 11.7. The van der Waals surface area contributed by atoms with Crippen molar-refractivity contribution in [1.29, 1.82) is 0 Å². The molecule has 19 heavy (non-hydrogen) atoms. The van der Waals surface area contributed by atoms with Crippen molar-refractivity contribution in [3.8, 4) is 0 Å². The standard InChI is InChI=1S/C16H26N2O/c1-3-19-14-4-9-17-10-12-18(13-11-17)16-7-5-15(2)6-8-16/h5-8H,3-4,9-14H2,1-2H3. The van der Waals surface area contributed by atoms with Crippen LogP contribution in [-0.4, -0.2) is 50.8 Å². The van der Waals surface area contributed by atoms with Gasteiger partial charge < -0.3 is 9.64 Å². The number of piperazine rings is 1. The molecule has 0 atom stereocenters. The number of ether oxygens (including phenoxy) is 1. The summed E-state index contributed by atoms with van der Waals surface area (Å²) >= 11 is 0. The van der Waals surface area contributed by atoms with Gasteiger partial charge in [-0.05, 0) is 32.4 Å². The minimum absolute atomic E-state index is 0.835. The molecule has 1 aromatic rings. The van der Waals surface area contributed by atoms with Crippen LogP contribution in [0.25, 0.3) is 0 Å². The van der Waals surface area contributed by atoms with Crippen molar-refractivity contribution in [2.45, 2.75) is 20.3 Å². The van der Waals surface area contributed by atoms with Gasteiger partial charge in [-0.2, -0.15) is 0 Å². The van der Waals surface area contributed by atoms with Crippen molar-refractivity contribution in [3.05, 3.63) is 29.8 Å². The van der Waals surface area contributed by atoms with E-state index in [0.29, 0.717) is 0 Å². The second-order valence-electron chi connectivity index (χ2n) is 5.21. The Labute approximate surface area is 117 Å². The van der Waals surface area contributed by atoms with E-state index in [-0.39, 0.29) is 0 Å². The molecule has 0 aliphatic carbocycles. The zero-order valence-electron chi connectivity index (χ0n) is 12.3. The van der Waals surface area contributed by atoms with Crippen LogP contribution in [0, 0.1) is 6.92 Å². The average molecular weight is 262 g/mol. The zero-order valence-corrected chi connectivity index (χ0v) is 12.3. The summed E-state index contributed by atoms with van der Waals surface area (Å²) in [5.74, 6) is 0. The molecule has 0 spiro atoms. The molecular weight excluding hydrogens is 236 g/mol. The van der Waals surface area contributed by atoms with Crippen LogP contribution in [-0.2, 0) is 4.74 Å². The van der Waals surface area contributed by atoms with Crippen LogP contribution in [0.5, 0.6) is 0 Å². The predicted octanol–water partition coefficient (Wildman–Crippen LogP) is 2.54. The molecule has 106 valence electrons. The van der Waals surface area contributed by atoms with Gasteiger partial charge >= 0.3 is 0 Å². The summed E-state index contributed by atoms with van der Waals surface area (Å²) in [4.78, 5) is 5.03. The normalized spacial score (nSPS) is 16.8. The minimum atomic E-state index is 0.835. The van der Waals surface area contributed by atoms with Gasteiger partial charge in [0.15, 0.2) is 0 Å². The van der Waals surface area contributed by atoms with Gasteiger partial charge in [0.1, 0.15) is 0 Å². The molecule has 0 aromatic heterocycles. The van der Waals surface area contributed by atoms with Gasteiger partial charge in [0.05, 0.1) is 0 Å². The van der Waals surface area contributed by atoms with Gasteiger partial charge in [0, 0.05) is 51.6 Å². The number of hydrogen-bond acceptors (Lipinski definition) is 3. The van der Waals surface area contributed by atoms with Crippen LogP contribution < -0.4 is 4.90 Å². The van der Waals surface area contributed by atoms with Crippen molar-refractivity contribution in [2.75, 3.05) is 50.8 Å². The highest BCUT2D eigenvalue weighted by Gasteiger charge is 2.16. The highest BCUT2D eigenvalue weighted by molar-refractivity contribution is 5.47. The maximum atomic E-state index is 5.39. The van der Waals surface area contributed by atoms with Crippen molar-refractivity contribution < 1.29 is 4.74 Å². The second kappa shape index (κ2) is 7.51. The Kier molecular flexibility index (Phi) is 5.67. The van der Waals surface area contributed by atoms with Gasteiger partial charge in [-0.3, -0.25) is 4.90 Å². The summed E-state index contributed by atoms with van der Waals surface area (Å²) in [6, 6.07) is 8.87. The fraction of sp³-hybridized carbons (Fsp3) is 0.625. The molecular formula is C16H26N2O. The first-order valence-corrected chi connectivity index (χ1v) is 7.41. The smallest absolute Gasteiger partial charge is 0.0478 e. The summed E-state index contributed by atoms with van der Waals surface area (Å²) in [5, 5.41) is 0. The maximum absolute atomic E-state index is 5.39. The first kappa shape index (κ1) is 14.4. The summed E-state index contributed by atoms with van der Waals surface area (Å²) in [5.41, 5.74) is 2.69. The molecule has 1 aliphatic rings. The first-order valence-electron chi connectivity index (χ1n) is 7.41. The number of hydrogen-bond donors (Lipinski definition) is 0. The van der Waals surface area contributed by atoms with Crippen molar-refractivity contribution in [1.82, 2.24) is 4.90 Å². The van der Waals surface area contributed by atoms with Crippen LogP contribution in [0.4, 0.5) is 5.69 Å². The topological polar surface area (TPSA) is 15.7 Å². The lowest BCUT2D eigenvalue weighted by atomic mass is 10.2. The van der Waals surface area contributed by atoms with E-state index in [1.54, 1.807) is 0 Å². The van der Waals surface area contributed by atoms with Crippen LogP contribution in [0.15, 0.2) is 24.3 Å². The number of rotatable bonds is 6. The van der Waals surface area contributed by atoms with E-state index in [1.807, 2.05) is 0 Å². The molecule has 3 nitrogen and oxygen atoms in total. The molecule has 0 bridgehead atoms.